The van der Waals surface area contributed by atoms with E-state index in [1.807, 2.05) is 24.3 Å². The molecule has 0 bridgehead atoms. The average molecular weight is 516 g/mol. The van der Waals surface area contributed by atoms with Crippen LogP contribution in [0.5, 0.6) is 0 Å². The number of aromatic nitrogens is 1. The van der Waals surface area contributed by atoms with Gasteiger partial charge in [-0.05, 0) is 48.1 Å². The Hall–Kier alpha value is -2.88. The van der Waals surface area contributed by atoms with E-state index in [4.69, 9.17) is 16.3 Å². The van der Waals surface area contributed by atoms with Gasteiger partial charge in [-0.25, -0.2) is 17.9 Å². The maximum atomic E-state index is 13.1. The van der Waals surface area contributed by atoms with Gasteiger partial charge in [0.2, 0.25) is 15.9 Å². The number of nitrogens with one attached hydrogen (secondary N) is 2. The number of carbonyl (C=O) groups is 2. The van der Waals surface area contributed by atoms with Crippen LogP contribution in [0.1, 0.15) is 35.7 Å². The molecule has 1 amide bonds. The first-order valence-electron chi connectivity index (χ1n) is 11.5. The molecule has 2 atom stereocenters. The summed E-state index contributed by atoms with van der Waals surface area (Å²) in [6, 6.07) is 12.6. The van der Waals surface area contributed by atoms with E-state index >= 15 is 0 Å². The van der Waals surface area contributed by atoms with Crippen LogP contribution in [0, 0.1) is 5.92 Å². The fourth-order valence-corrected chi connectivity index (χ4v) is 6.05. The van der Waals surface area contributed by atoms with Crippen LogP contribution in [-0.4, -0.2) is 55.8 Å². The number of para-hydroxylation sites is 1. The van der Waals surface area contributed by atoms with E-state index in [1.165, 1.54) is 24.1 Å². The fraction of sp³-hybridized carbons (Fsp3) is 0.360. The number of rotatable bonds is 7. The number of aromatic amines is 1. The van der Waals surface area contributed by atoms with Crippen molar-refractivity contribution >= 4 is 44.4 Å². The summed E-state index contributed by atoms with van der Waals surface area (Å²) in [5.74, 6) is -0.846. The molecule has 1 aromatic heterocycles. The molecule has 2 N–H and O–H groups in total. The highest BCUT2D eigenvalue weighted by molar-refractivity contribution is 7.89. The van der Waals surface area contributed by atoms with E-state index in [2.05, 4.69) is 9.71 Å². The molecular weight excluding hydrogens is 490 g/mol. The molecule has 1 aliphatic carbocycles. The molecule has 2 heterocycles. The van der Waals surface area contributed by atoms with E-state index in [0.29, 0.717) is 18.0 Å². The first-order chi connectivity index (χ1) is 16.8. The van der Waals surface area contributed by atoms with Crippen LogP contribution in [0.15, 0.2) is 53.4 Å². The summed E-state index contributed by atoms with van der Waals surface area (Å²) in [5, 5.41) is 0.961. The van der Waals surface area contributed by atoms with Crippen molar-refractivity contribution in [3.63, 3.8) is 0 Å². The van der Waals surface area contributed by atoms with E-state index in [1.54, 1.807) is 12.1 Å². The minimum Gasteiger partial charge on any atom is -0.467 e. The predicted octanol–water partition coefficient (Wildman–Crippen LogP) is 3.11. The van der Waals surface area contributed by atoms with Gasteiger partial charge in [-0.2, -0.15) is 0 Å². The highest BCUT2D eigenvalue weighted by Crippen LogP contribution is 2.41. The number of methoxy groups -OCH3 is 1. The number of ether oxygens (including phenoxy) is 1. The number of alkyl halides is 1. The standard InChI is InChI=1S/C25H26ClN3O5S/c1-34-25(31)21-12-19-18-4-2-3-5-20(18)28-23(19)24(29(21)22(30)13-26)16-8-10-17(11-9-16)35(32,33)27-14-15-6-7-15/h2-5,8-11,15,21,24,27-28H,6-7,12-14H2,1H3/t21-,24+/m1/s1. The van der Waals surface area contributed by atoms with Gasteiger partial charge in [-0.1, -0.05) is 30.3 Å². The molecular formula is C25H26ClN3O5S. The van der Waals surface area contributed by atoms with Crippen LogP contribution in [0.4, 0.5) is 0 Å². The van der Waals surface area contributed by atoms with E-state index < -0.39 is 34.0 Å². The summed E-state index contributed by atoms with van der Waals surface area (Å²) in [7, 11) is -2.35. The highest BCUT2D eigenvalue weighted by atomic mass is 35.5. The predicted molar refractivity (Wildman–Crippen MR) is 132 cm³/mol. The maximum absolute atomic E-state index is 13.1. The molecule has 0 unspecified atom stereocenters. The lowest BCUT2D eigenvalue weighted by Gasteiger charge is -2.40. The number of benzene rings is 2. The average Bonchev–Trinajstić information content (AvgIpc) is 3.64. The summed E-state index contributed by atoms with van der Waals surface area (Å²) in [6.45, 7) is 0.434. The fourth-order valence-electron chi connectivity index (χ4n) is 4.79. The van der Waals surface area contributed by atoms with Crippen LogP contribution in [0.3, 0.4) is 0 Å². The molecule has 3 aromatic rings. The third-order valence-corrected chi connectivity index (χ3v) is 8.44. The van der Waals surface area contributed by atoms with Gasteiger partial charge >= 0.3 is 5.97 Å². The molecule has 2 aliphatic rings. The molecule has 1 aliphatic heterocycles. The highest BCUT2D eigenvalue weighted by Gasteiger charge is 2.43. The minimum absolute atomic E-state index is 0.148. The lowest BCUT2D eigenvalue weighted by molar-refractivity contribution is -0.154. The summed E-state index contributed by atoms with van der Waals surface area (Å²) in [4.78, 5) is 30.9. The molecule has 35 heavy (non-hydrogen) atoms. The lowest BCUT2D eigenvalue weighted by Crippen LogP contribution is -2.52. The van der Waals surface area contributed by atoms with Crippen LogP contribution < -0.4 is 4.72 Å². The maximum Gasteiger partial charge on any atom is 0.328 e. The van der Waals surface area contributed by atoms with Crippen molar-refractivity contribution in [3.05, 3.63) is 65.4 Å². The Morgan fingerprint density at radius 2 is 1.86 bits per heavy atom. The number of nitrogens with zero attached hydrogens (tertiary/aromatic N) is 1. The molecule has 10 heteroatoms. The van der Waals surface area contributed by atoms with Crippen molar-refractivity contribution in [2.24, 2.45) is 5.92 Å². The van der Waals surface area contributed by atoms with Gasteiger partial charge < -0.3 is 14.6 Å². The summed E-state index contributed by atoms with van der Waals surface area (Å²) < 4.78 is 33.1. The Kier molecular flexibility index (Phi) is 6.33. The summed E-state index contributed by atoms with van der Waals surface area (Å²) in [6.07, 6.45) is 2.37. The number of hydrogen-bond donors (Lipinski definition) is 2. The Labute approximate surface area is 208 Å². The number of amides is 1. The topological polar surface area (TPSA) is 109 Å². The van der Waals surface area contributed by atoms with Crippen LogP contribution in [0.25, 0.3) is 10.9 Å². The molecule has 0 spiro atoms. The van der Waals surface area contributed by atoms with Crippen molar-refractivity contribution in [1.82, 2.24) is 14.6 Å². The Morgan fingerprint density at radius 3 is 2.51 bits per heavy atom. The number of H-pyrrole nitrogens is 1. The molecule has 0 radical (unpaired) electrons. The zero-order valence-electron chi connectivity index (χ0n) is 19.2. The second-order valence-electron chi connectivity index (χ2n) is 9.01. The van der Waals surface area contributed by atoms with Gasteiger partial charge in [-0.3, -0.25) is 4.79 Å². The van der Waals surface area contributed by atoms with Gasteiger partial charge in [0.15, 0.2) is 0 Å². The van der Waals surface area contributed by atoms with Gasteiger partial charge in [0.1, 0.15) is 11.9 Å². The van der Waals surface area contributed by atoms with Crippen LogP contribution >= 0.6 is 11.6 Å². The Morgan fingerprint density at radius 1 is 1.14 bits per heavy atom. The number of esters is 1. The lowest BCUT2D eigenvalue weighted by atomic mass is 9.88. The smallest absolute Gasteiger partial charge is 0.328 e. The van der Waals surface area contributed by atoms with Crippen molar-refractivity contribution < 1.29 is 22.7 Å². The molecule has 184 valence electrons. The van der Waals surface area contributed by atoms with E-state index in [-0.39, 0.29) is 17.2 Å². The van der Waals surface area contributed by atoms with Crippen LogP contribution in [0.2, 0.25) is 0 Å². The first-order valence-corrected chi connectivity index (χ1v) is 13.5. The van der Waals surface area contributed by atoms with Gasteiger partial charge in [-0.15, -0.1) is 11.6 Å². The van der Waals surface area contributed by atoms with Crippen molar-refractivity contribution in [2.75, 3.05) is 19.5 Å². The second kappa shape index (κ2) is 9.29. The third kappa shape index (κ3) is 4.44. The summed E-state index contributed by atoms with van der Waals surface area (Å²) >= 11 is 5.97. The monoisotopic (exact) mass is 515 g/mol. The third-order valence-electron chi connectivity index (χ3n) is 6.77. The molecule has 5 rings (SSSR count). The van der Waals surface area contributed by atoms with Crippen molar-refractivity contribution in [2.45, 2.75) is 36.2 Å². The molecule has 8 nitrogen and oxygen atoms in total. The van der Waals surface area contributed by atoms with Crippen LogP contribution in [-0.2, 0) is 30.8 Å². The SMILES string of the molecule is COC(=O)[C@H]1Cc2c([nH]c3ccccc23)[C@H](c2ccc(S(=O)(=O)NCC3CC3)cc2)N1C(=O)CCl. The van der Waals surface area contributed by atoms with E-state index in [9.17, 15) is 18.0 Å². The molecule has 1 fully saturated rings. The largest absolute Gasteiger partial charge is 0.467 e. The molecule has 1 saturated carbocycles. The normalized spacial score (nSPS) is 20.0. The van der Waals surface area contributed by atoms with Crippen molar-refractivity contribution in [1.29, 1.82) is 0 Å². The van der Waals surface area contributed by atoms with Gasteiger partial charge in [0, 0.05) is 29.6 Å². The molecule has 0 saturated heterocycles. The number of fused-ring (bicyclic) bond motifs is 3. The van der Waals surface area contributed by atoms with E-state index in [0.717, 1.165) is 35.0 Å². The number of sulfonamides is 1. The Bertz CT molecular complexity index is 1380. The zero-order chi connectivity index (χ0) is 24.7. The summed E-state index contributed by atoms with van der Waals surface area (Å²) in [5.41, 5.74) is 3.23. The number of hydrogen-bond acceptors (Lipinski definition) is 5. The Balaban J connectivity index is 1.60. The molecule has 2 aromatic carbocycles. The zero-order valence-corrected chi connectivity index (χ0v) is 20.7. The quantitative estimate of drug-likeness (QED) is 0.371. The second-order valence-corrected chi connectivity index (χ2v) is 11.0. The number of carbonyl (C=O) groups excluding carboxylic acids is 2. The van der Waals surface area contributed by atoms with Gasteiger partial charge in [0.05, 0.1) is 18.0 Å². The van der Waals surface area contributed by atoms with Gasteiger partial charge in [0.25, 0.3) is 0 Å². The number of halogens is 1. The van der Waals surface area contributed by atoms with Crippen molar-refractivity contribution in [3.8, 4) is 0 Å². The minimum atomic E-state index is -3.64. The first kappa shape index (κ1) is 23.8.